The first-order valence-corrected chi connectivity index (χ1v) is 9.75. The Balaban J connectivity index is 1.45. The molecule has 0 spiro atoms. The summed E-state index contributed by atoms with van der Waals surface area (Å²) in [4.78, 5) is 26.4. The Morgan fingerprint density at radius 3 is 2.60 bits per heavy atom. The molecule has 0 saturated carbocycles. The van der Waals surface area contributed by atoms with Gasteiger partial charge >= 0.3 is 0 Å². The van der Waals surface area contributed by atoms with Crippen LogP contribution in [0.15, 0.2) is 72.8 Å². The molecule has 30 heavy (non-hydrogen) atoms. The molecular weight excluding hydrogens is 404 g/mol. The molecule has 3 aromatic rings. The van der Waals surface area contributed by atoms with Gasteiger partial charge in [-0.3, -0.25) is 9.59 Å². The highest BCUT2D eigenvalue weighted by molar-refractivity contribution is 6.30. The number of benzene rings is 3. The van der Waals surface area contributed by atoms with Crippen LogP contribution in [0, 0.1) is 0 Å². The van der Waals surface area contributed by atoms with Gasteiger partial charge in [-0.05, 0) is 48.0 Å². The zero-order valence-corrected chi connectivity index (χ0v) is 16.8. The number of nitrogens with zero attached hydrogens (tertiary/aromatic N) is 1. The lowest BCUT2D eigenvalue weighted by atomic mass is 10.1. The second kappa shape index (κ2) is 8.88. The van der Waals surface area contributed by atoms with Gasteiger partial charge in [-0.25, -0.2) is 0 Å². The molecule has 1 aliphatic heterocycles. The van der Waals surface area contributed by atoms with Crippen molar-refractivity contribution in [2.24, 2.45) is 0 Å². The summed E-state index contributed by atoms with van der Waals surface area (Å²) in [6.45, 7) is 0.259. The van der Waals surface area contributed by atoms with Crippen LogP contribution in [0.3, 0.4) is 0 Å². The third-order valence-electron chi connectivity index (χ3n) is 4.55. The second-order valence-corrected chi connectivity index (χ2v) is 7.16. The highest BCUT2D eigenvalue weighted by atomic mass is 35.5. The van der Waals surface area contributed by atoms with Gasteiger partial charge in [0.1, 0.15) is 11.5 Å². The first-order valence-electron chi connectivity index (χ1n) is 9.38. The van der Waals surface area contributed by atoms with Crippen molar-refractivity contribution in [3.8, 4) is 11.5 Å². The van der Waals surface area contributed by atoms with Crippen molar-refractivity contribution in [3.63, 3.8) is 0 Å². The Labute approximate surface area is 179 Å². The molecule has 0 radical (unpaired) electrons. The zero-order chi connectivity index (χ0) is 20.9. The Morgan fingerprint density at radius 2 is 1.83 bits per heavy atom. The SMILES string of the molecule is O=C(COc1ccc(Cl)cc1)Nc1ccc2c(c1)N(Cc1ccccc1)C(=O)CO2. The molecule has 0 fully saturated rings. The molecule has 1 aliphatic rings. The standard InChI is InChI=1S/C23H19ClN2O4/c24-17-6-9-19(10-7-17)29-14-22(27)25-18-8-11-21-20(12-18)26(23(28)15-30-21)13-16-4-2-1-3-5-16/h1-12H,13-15H2,(H,25,27). The van der Waals surface area contributed by atoms with E-state index in [1.165, 1.54) is 0 Å². The Kier molecular flexibility index (Phi) is 5.86. The molecule has 152 valence electrons. The number of anilines is 2. The monoisotopic (exact) mass is 422 g/mol. The smallest absolute Gasteiger partial charge is 0.265 e. The van der Waals surface area contributed by atoms with Gasteiger partial charge in [0, 0.05) is 10.7 Å². The van der Waals surface area contributed by atoms with E-state index in [9.17, 15) is 9.59 Å². The van der Waals surface area contributed by atoms with Crippen LogP contribution >= 0.6 is 11.6 Å². The van der Waals surface area contributed by atoms with E-state index in [1.807, 2.05) is 30.3 Å². The van der Waals surface area contributed by atoms with Gasteiger partial charge < -0.3 is 19.7 Å². The van der Waals surface area contributed by atoms with Crippen molar-refractivity contribution in [1.82, 2.24) is 0 Å². The second-order valence-electron chi connectivity index (χ2n) is 6.73. The molecule has 4 rings (SSSR count). The van der Waals surface area contributed by atoms with Gasteiger partial charge in [0.25, 0.3) is 11.8 Å². The number of amides is 2. The number of fused-ring (bicyclic) bond motifs is 1. The Bertz CT molecular complexity index is 1050. The predicted molar refractivity (Wildman–Crippen MR) is 115 cm³/mol. The van der Waals surface area contributed by atoms with Crippen LogP contribution in [0.4, 0.5) is 11.4 Å². The fourth-order valence-electron chi connectivity index (χ4n) is 3.10. The summed E-state index contributed by atoms with van der Waals surface area (Å²) < 4.78 is 11.0. The maximum atomic E-state index is 12.5. The quantitative estimate of drug-likeness (QED) is 0.643. The summed E-state index contributed by atoms with van der Waals surface area (Å²) in [7, 11) is 0. The third kappa shape index (κ3) is 4.72. The van der Waals surface area contributed by atoms with Crippen LogP contribution in [-0.2, 0) is 16.1 Å². The molecule has 0 saturated heterocycles. The molecule has 0 aliphatic carbocycles. The molecule has 2 amide bonds. The number of rotatable bonds is 6. The van der Waals surface area contributed by atoms with Crippen LogP contribution in [0.2, 0.25) is 5.02 Å². The molecule has 1 N–H and O–H groups in total. The Hall–Kier alpha value is -3.51. The molecule has 3 aromatic carbocycles. The van der Waals surface area contributed by atoms with Gasteiger partial charge in [-0.2, -0.15) is 0 Å². The van der Waals surface area contributed by atoms with Gasteiger partial charge in [0.15, 0.2) is 13.2 Å². The Morgan fingerprint density at radius 1 is 1.07 bits per heavy atom. The van der Waals surface area contributed by atoms with Crippen LogP contribution < -0.4 is 19.7 Å². The van der Waals surface area contributed by atoms with E-state index in [0.717, 1.165) is 5.56 Å². The summed E-state index contributed by atoms with van der Waals surface area (Å²) in [5.41, 5.74) is 2.17. The van der Waals surface area contributed by atoms with E-state index in [2.05, 4.69) is 5.32 Å². The topological polar surface area (TPSA) is 67.9 Å². The first kappa shape index (κ1) is 19.8. The number of carbonyl (C=O) groups is 2. The summed E-state index contributed by atoms with van der Waals surface area (Å²) in [5.74, 6) is 0.692. The molecule has 0 bridgehead atoms. The van der Waals surface area contributed by atoms with E-state index in [1.54, 1.807) is 47.4 Å². The summed E-state index contributed by atoms with van der Waals surface area (Å²) in [5, 5.41) is 3.38. The van der Waals surface area contributed by atoms with Crippen molar-refractivity contribution in [2.75, 3.05) is 23.4 Å². The minimum atomic E-state index is -0.317. The van der Waals surface area contributed by atoms with Crippen molar-refractivity contribution in [2.45, 2.75) is 6.54 Å². The summed E-state index contributed by atoms with van der Waals surface area (Å²) >= 11 is 5.84. The van der Waals surface area contributed by atoms with E-state index in [-0.39, 0.29) is 25.0 Å². The van der Waals surface area contributed by atoms with Crippen LogP contribution in [0.1, 0.15) is 5.56 Å². The number of hydrogen-bond acceptors (Lipinski definition) is 4. The lowest BCUT2D eigenvalue weighted by Crippen LogP contribution is -2.38. The van der Waals surface area contributed by atoms with E-state index < -0.39 is 0 Å². The average Bonchev–Trinajstić information content (AvgIpc) is 2.76. The van der Waals surface area contributed by atoms with Gasteiger partial charge in [-0.15, -0.1) is 0 Å². The normalized spacial score (nSPS) is 12.7. The highest BCUT2D eigenvalue weighted by Gasteiger charge is 2.26. The minimum absolute atomic E-state index is 0.0134. The maximum absolute atomic E-state index is 12.5. The predicted octanol–water partition coefficient (Wildman–Crippen LogP) is 4.28. The first-order chi connectivity index (χ1) is 14.6. The largest absolute Gasteiger partial charge is 0.484 e. The minimum Gasteiger partial charge on any atom is -0.484 e. The van der Waals surface area contributed by atoms with Crippen LogP contribution in [0.25, 0.3) is 0 Å². The van der Waals surface area contributed by atoms with E-state index in [0.29, 0.717) is 34.4 Å². The molecule has 7 heteroatoms. The number of hydrogen-bond donors (Lipinski definition) is 1. The van der Waals surface area contributed by atoms with Crippen molar-refractivity contribution < 1.29 is 19.1 Å². The fraction of sp³-hybridized carbons (Fsp3) is 0.130. The van der Waals surface area contributed by atoms with Gasteiger partial charge in [0.05, 0.1) is 12.2 Å². The average molecular weight is 423 g/mol. The fourth-order valence-corrected chi connectivity index (χ4v) is 3.22. The highest BCUT2D eigenvalue weighted by Crippen LogP contribution is 2.35. The molecule has 1 heterocycles. The van der Waals surface area contributed by atoms with Crippen LogP contribution in [-0.4, -0.2) is 25.0 Å². The van der Waals surface area contributed by atoms with Gasteiger partial charge in [-0.1, -0.05) is 41.9 Å². The van der Waals surface area contributed by atoms with E-state index in [4.69, 9.17) is 21.1 Å². The van der Waals surface area contributed by atoms with Crippen LogP contribution in [0.5, 0.6) is 11.5 Å². The number of ether oxygens (including phenoxy) is 2. The third-order valence-corrected chi connectivity index (χ3v) is 4.80. The molecule has 6 nitrogen and oxygen atoms in total. The summed E-state index contributed by atoms with van der Waals surface area (Å²) in [6.07, 6.45) is 0. The number of nitrogens with one attached hydrogen (secondary N) is 1. The van der Waals surface area contributed by atoms with Crippen molar-refractivity contribution >= 4 is 34.8 Å². The number of carbonyl (C=O) groups excluding carboxylic acids is 2. The zero-order valence-electron chi connectivity index (χ0n) is 16.0. The molecule has 0 atom stereocenters. The van der Waals surface area contributed by atoms with E-state index >= 15 is 0 Å². The number of halogens is 1. The lowest BCUT2D eigenvalue weighted by Gasteiger charge is -2.30. The lowest BCUT2D eigenvalue weighted by molar-refractivity contribution is -0.121. The molecular formula is C23H19ClN2O4. The summed E-state index contributed by atoms with van der Waals surface area (Å²) in [6, 6.07) is 21.7. The van der Waals surface area contributed by atoms with Crippen molar-refractivity contribution in [3.05, 3.63) is 83.4 Å². The van der Waals surface area contributed by atoms with Gasteiger partial charge in [0.2, 0.25) is 0 Å². The van der Waals surface area contributed by atoms with Crippen molar-refractivity contribution in [1.29, 1.82) is 0 Å². The molecule has 0 unspecified atom stereocenters. The molecule has 0 aromatic heterocycles. The maximum Gasteiger partial charge on any atom is 0.265 e.